The first-order chi connectivity index (χ1) is 13.7. The third kappa shape index (κ3) is 4.75. The fourth-order valence-corrected chi connectivity index (χ4v) is 2.91. The van der Waals surface area contributed by atoms with Crippen LogP contribution in [0.3, 0.4) is 0 Å². The van der Waals surface area contributed by atoms with E-state index in [9.17, 15) is 9.59 Å². The highest BCUT2D eigenvalue weighted by Crippen LogP contribution is 2.13. The molecule has 0 radical (unpaired) electrons. The van der Waals surface area contributed by atoms with Crippen molar-refractivity contribution >= 4 is 17.3 Å². The van der Waals surface area contributed by atoms with Gasteiger partial charge in [0.15, 0.2) is 5.69 Å². The van der Waals surface area contributed by atoms with Crippen LogP contribution in [-0.2, 0) is 11.2 Å². The maximum absolute atomic E-state index is 12.6. The lowest BCUT2D eigenvalue weighted by molar-refractivity contribution is 0.0937. The summed E-state index contributed by atoms with van der Waals surface area (Å²) < 4.78 is 6.62. The van der Waals surface area contributed by atoms with Crippen LogP contribution < -0.4 is 10.6 Å². The largest absolute Gasteiger partial charge is 0.385 e. The Kier molecular flexibility index (Phi) is 6.75. The van der Waals surface area contributed by atoms with Gasteiger partial charge in [0.05, 0.1) is 5.52 Å². The number of rotatable bonds is 9. The van der Waals surface area contributed by atoms with Crippen molar-refractivity contribution in [2.45, 2.75) is 12.8 Å². The van der Waals surface area contributed by atoms with E-state index in [2.05, 4.69) is 15.6 Å². The molecule has 146 valence electrons. The number of hydrogen-bond donors (Lipinski definition) is 2. The van der Waals surface area contributed by atoms with E-state index in [1.165, 1.54) is 0 Å². The third-order valence-corrected chi connectivity index (χ3v) is 4.32. The van der Waals surface area contributed by atoms with Crippen molar-refractivity contribution in [2.24, 2.45) is 0 Å². The first-order valence-electron chi connectivity index (χ1n) is 9.27. The minimum Gasteiger partial charge on any atom is -0.385 e. The van der Waals surface area contributed by atoms with Gasteiger partial charge in [0.1, 0.15) is 0 Å². The first kappa shape index (κ1) is 19.6. The van der Waals surface area contributed by atoms with E-state index in [1.54, 1.807) is 29.8 Å². The maximum atomic E-state index is 12.6. The smallest absolute Gasteiger partial charge is 0.287 e. The molecule has 7 nitrogen and oxygen atoms in total. The molecule has 0 unspecified atom stereocenters. The summed E-state index contributed by atoms with van der Waals surface area (Å²) in [7, 11) is 1.62. The van der Waals surface area contributed by atoms with Crippen molar-refractivity contribution < 1.29 is 14.3 Å². The Morgan fingerprint density at radius 3 is 2.54 bits per heavy atom. The molecule has 0 saturated heterocycles. The fourth-order valence-electron chi connectivity index (χ4n) is 2.91. The number of amides is 2. The predicted molar refractivity (Wildman–Crippen MR) is 106 cm³/mol. The van der Waals surface area contributed by atoms with Crippen LogP contribution in [0.2, 0.25) is 0 Å². The minimum absolute atomic E-state index is 0.196. The van der Waals surface area contributed by atoms with E-state index >= 15 is 0 Å². The van der Waals surface area contributed by atoms with E-state index in [4.69, 9.17) is 4.74 Å². The van der Waals surface area contributed by atoms with Gasteiger partial charge in [-0.05, 0) is 30.5 Å². The molecule has 2 aromatic heterocycles. The Labute approximate surface area is 163 Å². The van der Waals surface area contributed by atoms with Gasteiger partial charge in [0.2, 0.25) is 5.82 Å². The Balaban J connectivity index is 1.70. The molecular weight excluding hydrogens is 356 g/mol. The monoisotopic (exact) mass is 380 g/mol. The highest BCUT2D eigenvalue weighted by atomic mass is 16.5. The number of ether oxygens (including phenoxy) is 1. The highest BCUT2D eigenvalue weighted by molar-refractivity contribution is 6.02. The third-order valence-electron chi connectivity index (χ3n) is 4.32. The van der Waals surface area contributed by atoms with Gasteiger partial charge >= 0.3 is 0 Å². The molecule has 0 spiro atoms. The number of nitrogens with zero attached hydrogens (tertiary/aromatic N) is 2. The minimum atomic E-state index is -0.319. The molecule has 2 amide bonds. The Morgan fingerprint density at radius 2 is 1.75 bits per heavy atom. The van der Waals surface area contributed by atoms with Crippen molar-refractivity contribution in [3.8, 4) is 0 Å². The van der Waals surface area contributed by atoms with Gasteiger partial charge in [0, 0.05) is 33.0 Å². The average molecular weight is 380 g/mol. The van der Waals surface area contributed by atoms with E-state index in [-0.39, 0.29) is 23.3 Å². The standard InChI is InChI=1S/C21H24N4O3/c1-28-15-7-12-22-21(27)19-24-18(17-10-5-6-14-25(17)19)20(26)23-13-11-16-8-3-2-4-9-16/h2-6,8-10,14H,7,11-13,15H2,1H3,(H,22,27)(H,23,26). The van der Waals surface area contributed by atoms with Crippen LogP contribution in [0.5, 0.6) is 0 Å². The van der Waals surface area contributed by atoms with E-state index in [0.717, 1.165) is 12.0 Å². The Morgan fingerprint density at radius 1 is 1.00 bits per heavy atom. The van der Waals surface area contributed by atoms with Crippen LogP contribution in [0, 0.1) is 0 Å². The summed E-state index contributed by atoms with van der Waals surface area (Å²) in [4.78, 5) is 29.5. The second-order valence-electron chi connectivity index (χ2n) is 6.33. The van der Waals surface area contributed by atoms with Crippen LogP contribution in [-0.4, -0.2) is 48.0 Å². The summed E-state index contributed by atoms with van der Waals surface area (Å²) in [6, 6.07) is 15.3. The summed E-state index contributed by atoms with van der Waals surface area (Å²) in [6.07, 6.45) is 3.16. The number of methoxy groups -OCH3 is 1. The lowest BCUT2D eigenvalue weighted by atomic mass is 10.1. The lowest BCUT2D eigenvalue weighted by Gasteiger charge is -2.04. The number of imidazole rings is 1. The second-order valence-corrected chi connectivity index (χ2v) is 6.33. The molecule has 3 aromatic rings. The molecule has 0 aliphatic carbocycles. The van der Waals surface area contributed by atoms with Gasteiger partial charge in [-0.1, -0.05) is 36.4 Å². The Hall–Kier alpha value is -3.19. The molecule has 0 saturated carbocycles. The van der Waals surface area contributed by atoms with E-state index < -0.39 is 0 Å². The molecule has 0 aliphatic heterocycles. The van der Waals surface area contributed by atoms with Crippen LogP contribution in [0.15, 0.2) is 54.7 Å². The van der Waals surface area contributed by atoms with Crippen molar-refractivity contribution in [3.05, 3.63) is 71.8 Å². The zero-order chi connectivity index (χ0) is 19.8. The molecule has 2 heterocycles. The first-order valence-corrected chi connectivity index (χ1v) is 9.27. The Bertz CT molecular complexity index is 937. The quantitative estimate of drug-likeness (QED) is 0.557. The zero-order valence-electron chi connectivity index (χ0n) is 15.9. The number of fused-ring (bicyclic) bond motifs is 1. The maximum Gasteiger partial charge on any atom is 0.287 e. The van der Waals surface area contributed by atoms with Gasteiger partial charge in [-0.15, -0.1) is 0 Å². The molecule has 0 atom stereocenters. The summed E-state index contributed by atoms with van der Waals surface area (Å²) in [5.41, 5.74) is 1.99. The van der Waals surface area contributed by atoms with Gasteiger partial charge in [-0.2, -0.15) is 0 Å². The summed E-state index contributed by atoms with van der Waals surface area (Å²) in [5.74, 6) is -0.417. The number of benzene rings is 1. The number of nitrogens with one attached hydrogen (secondary N) is 2. The molecule has 28 heavy (non-hydrogen) atoms. The highest BCUT2D eigenvalue weighted by Gasteiger charge is 2.20. The van der Waals surface area contributed by atoms with Crippen LogP contribution >= 0.6 is 0 Å². The van der Waals surface area contributed by atoms with Gasteiger partial charge in [-0.3, -0.25) is 14.0 Å². The predicted octanol–water partition coefficient (Wildman–Crippen LogP) is 2.07. The van der Waals surface area contributed by atoms with E-state index in [0.29, 0.717) is 31.6 Å². The summed E-state index contributed by atoms with van der Waals surface area (Å²) in [5, 5.41) is 5.70. The van der Waals surface area contributed by atoms with Crippen molar-refractivity contribution in [1.29, 1.82) is 0 Å². The van der Waals surface area contributed by atoms with Crippen molar-refractivity contribution in [3.63, 3.8) is 0 Å². The zero-order valence-corrected chi connectivity index (χ0v) is 15.9. The summed E-state index contributed by atoms with van der Waals surface area (Å²) >= 11 is 0. The normalized spacial score (nSPS) is 10.8. The topological polar surface area (TPSA) is 84.7 Å². The van der Waals surface area contributed by atoms with Crippen molar-refractivity contribution in [1.82, 2.24) is 20.0 Å². The summed E-state index contributed by atoms with van der Waals surface area (Å²) in [6.45, 7) is 1.54. The molecule has 1 aromatic carbocycles. The van der Waals surface area contributed by atoms with Gasteiger partial charge in [0.25, 0.3) is 11.8 Å². The average Bonchev–Trinajstić information content (AvgIpc) is 3.12. The van der Waals surface area contributed by atoms with E-state index in [1.807, 2.05) is 36.4 Å². The number of carbonyl (C=O) groups is 2. The second kappa shape index (κ2) is 9.66. The van der Waals surface area contributed by atoms with Crippen LogP contribution in [0.25, 0.3) is 5.52 Å². The van der Waals surface area contributed by atoms with Crippen molar-refractivity contribution in [2.75, 3.05) is 26.8 Å². The number of carbonyl (C=O) groups excluding carboxylic acids is 2. The van der Waals surface area contributed by atoms with Gasteiger partial charge in [-0.25, -0.2) is 4.98 Å². The molecule has 3 rings (SSSR count). The fraction of sp³-hybridized carbons (Fsp3) is 0.286. The SMILES string of the molecule is COCCCNC(=O)c1nc(C(=O)NCCc2ccccc2)c2ccccn12. The molecule has 7 heteroatoms. The molecule has 0 aliphatic rings. The van der Waals surface area contributed by atoms with Gasteiger partial charge < -0.3 is 15.4 Å². The lowest BCUT2D eigenvalue weighted by Crippen LogP contribution is -2.28. The van der Waals surface area contributed by atoms with Crippen LogP contribution in [0.1, 0.15) is 33.1 Å². The molecule has 2 N–H and O–H groups in total. The number of pyridine rings is 1. The number of aromatic nitrogens is 2. The van der Waals surface area contributed by atoms with Crippen LogP contribution in [0.4, 0.5) is 0 Å². The molecule has 0 fully saturated rings. The molecule has 0 bridgehead atoms. The molecular formula is C21H24N4O3. The number of hydrogen-bond acceptors (Lipinski definition) is 4.